The lowest BCUT2D eigenvalue weighted by Crippen LogP contribution is -2.61. The van der Waals surface area contributed by atoms with Crippen LogP contribution >= 0.6 is 0 Å². The van der Waals surface area contributed by atoms with Gasteiger partial charge in [-0.25, -0.2) is 0 Å². The summed E-state index contributed by atoms with van der Waals surface area (Å²) in [5, 5.41) is 72.2. The maximum atomic E-state index is 13.0. The first-order valence-electron chi connectivity index (χ1n) is 28.4. The Morgan fingerprint density at radius 3 is 1.34 bits per heavy atom. The van der Waals surface area contributed by atoms with Crippen molar-refractivity contribution in [2.45, 2.75) is 293 Å². The van der Waals surface area contributed by atoms with Gasteiger partial charge < -0.3 is 64.2 Å². The fraction of sp³-hybridized carbons (Fsp3) is 0.893. The van der Waals surface area contributed by atoms with Gasteiger partial charge in [0.05, 0.1) is 19.8 Å². The Kier molecular flexibility index (Phi) is 39.6. The van der Waals surface area contributed by atoms with Crippen molar-refractivity contribution in [3.8, 4) is 0 Å². The molecule has 0 bridgehead atoms. The molecule has 15 heteroatoms. The van der Waals surface area contributed by atoms with Gasteiger partial charge in [0, 0.05) is 12.8 Å². The summed E-state index contributed by atoms with van der Waals surface area (Å²) < 4.78 is 33.7. The second kappa shape index (κ2) is 43.2. The Balaban J connectivity index is 1.76. The lowest BCUT2D eigenvalue weighted by molar-refractivity contribution is -0.332. The summed E-state index contributed by atoms with van der Waals surface area (Å²) in [6.07, 6.45) is 29.1. The summed E-state index contributed by atoms with van der Waals surface area (Å²) in [7, 11) is 0. The largest absolute Gasteiger partial charge is 0.462 e. The third-order valence-corrected chi connectivity index (χ3v) is 13.7. The molecule has 7 N–H and O–H groups in total. The van der Waals surface area contributed by atoms with Crippen molar-refractivity contribution in [2.24, 2.45) is 0 Å². The molecule has 71 heavy (non-hydrogen) atoms. The van der Waals surface area contributed by atoms with E-state index in [1.165, 1.54) is 135 Å². The second-order valence-electron chi connectivity index (χ2n) is 20.1. The summed E-state index contributed by atoms with van der Waals surface area (Å²) in [6.45, 7) is 2.60. The highest BCUT2D eigenvalue weighted by Crippen LogP contribution is 2.27. The number of hydrogen-bond donors (Lipinski definition) is 7. The van der Waals surface area contributed by atoms with Gasteiger partial charge in [0.25, 0.3) is 0 Å². The number of rotatable bonds is 45. The van der Waals surface area contributed by atoms with E-state index < -0.39 is 92.7 Å². The fourth-order valence-electron chi connectivity index (χ4n) is 9.01. The highest BCUT2D eigenvalue weighted by molar-refractivity contribution is 5.70. The monoisotopic (exact) mass is 1010 g/mol. The normalized spacial score (nSPS) is 25.3. The Labute approximate surface area is 428 Å². The number of ether oxygens (including phenoxy) is 6. The van der Waals surface area contributed by atoms with E-state index in [2.05, 4.69) is 38.2 Å². The maximum absolute atomic E-state index is 13.0. The van der Waals surface area contributed by atoms with Crippen LogP contribution in [0.1, 0.15) is 226 Å². The Bertz CT molecular complexity index is 1330. The minimum atomic E-state index is -1.76. The molecule has 4 unspecified atom stereocenters. The van der Waals surface area contributed by atoms with Gasteiger partial charge in [0.2, 0.25) is 0 Å². The number of aliphatic hydroxyl groups excluding tert-OH is 7. The first kappa shape index (κ1) is 65.1. The van der Waals surface area contributed by atoms with Crippen LogP contribution in [0.5, 0.6) is 0 Å². The minimum Gasteiger partial charge on any atom is -0.462 e. The molecule has 416 valence electrons. The molecule has 2 aliphatic heterocycles. The van der Waals surface area contributed by atoms with Crippen molar-refractivity contribution in [1.29, 1.82) is 0 Å². The lowest BCUT2D eigenvalue weighted by Gasteiger charge is -2.42. The van der Waals surface area contributed by atoms with E-state index in [0.29, 0.717) is 12.8 Å². The molecule has 0 aliphatic carbocycles. The molecule has 0 aromatic rings. The van der Waals surface area contributed by atoms with Crippen molar-refractivity contribution in [2.75, 3.05) is 26.4 Å². The van der Waals surface area contributed by atoms with E-state index in [0.717, 1.165) is 51.4 Å². The third-order valence-electron chi connectivity index (χ3n) is 13.7. The average Bonchev–Trinajstić information content (AvgIpc) is 3.36. The molecule has 2 aliphatic rings. The van der Waals surface area contributed by atoms with Gasteiger partial charge in [-0.3, -0.25) is 9.59 Å². The van der Waals surface area contributed by atoms with Gasteiger partial charge in [-0.05, 0) is 44.9 Å². The van der Waals surface area contributed by atoms with Crippen molar-refractivity contribution in [1.82, 2.24) is 0 Å². The van der Waals surface area contributed by atoms with Crippen LogP contribution in [0.2, 0.25) is 0 Å². The summed E-state index contributed by atoms with van der Waals surface area (Å²) in [5.74, 6) is -0.918. The SMILES string of the molecule is CCCCC/C=C/C/C=C/CCCCCCCCCCCC(=O)OC[C@@H](CO[C@@H]1O[C@H](CO[C@@H]2O[C@H](CO)[C@H](O)C(O)C2O)[C@H](O)C(O)C1O)OC(=O)CCCCCCCCCCCCCCCCCC. The van der Waals surface area contributed by atoms with Crippen LogP contribution in [0.25, 0.3) is 0 Å². The van der Waals surface area contributed by atoms with Crippen molar-refractivity contribution in [3.05, 3.63) is 24.3 Å². The summed E-state index contributed by atoms with van der Waals surface area (Å²) >= 11 is 0. The van der Waals surface area contributed by atoms with Crippen LogP contribution < -0.4 is 0 Å². The molecule has 2 heterocycles. The molecule has 2 rings (SSSR count). The van der Waals surface area contributed by atoms with Gasteiger partial charge in [-0.1, -0.05) is 192 Å². The van der Waals surface area contributed by atoms with Crippen LogP contribution in [0.15, 0.2) is 24.3 Å². The third kappa shape index (κ3) is 30.8. The smallest absolute Gasteiger partial charge is 0.306 e. The van der Waals surface area contributed by atoms with E-state index in [9.17, 15) is 45.3 Å². The molecule has 15 nitrogen and oxygen atoms in total. The predicted molar refractivity (Wildman–Crippen MR) is 275 cm³/mol. The number of hydrogen-bond acceptors (Lipinski definition) is 15. The van der Waals surface area contributed by atoms with E-state index >= 15 is 0 Å². The van der Waals surface area contributed by atoms with Gasteiger partial charge >= 0.3 is 11.9 Å². The van der Waals surface area contributed by atoms with Crippen LogP contribution in [0, 0.1) is 0 Å². The van der Waals surface area contributed by atoms with E-state index in [-0.39, 0.29) is 26.1 Å². The molecular formula is C56H102O15. The fourth-order valence-corrected chi connectivity index (χ4v) is 9.01. The quantitative estimate of drug-likeness (QED) is 0.0171. The molecule has 0 amide bonds. The number of carbonyl (C=O) groups excluding carboxylic acids is 2. The lowest BCUT2D eigenvalue weighted by atomic mass is 9.98. The van der Waals surface area contributed by atoms with E-state index in [4.69, 9.17) is 28.4 Å². The standard InChI is InChI=1S/C56H102O15/c1-3-5-7-9-11-13-15-17-19-21-22-23-25-26-28-30-32-34-36-38-47(58)66-41-44(69-48(59)39-37-35-33-31-29-27-24-20-18-16-14-12-10-8-6-4-2)42-67-55-54(65)52(63)50(61)46(71-55)43-68-56-53(64)51(62)49(60)45(40-57)70-56/h11,13,17,19,44-46,49-57,60-65H,3-10,12,14-16,18,20-43H2,1-2H3/b13-11+,19-17+/t44-,45+,46+,49-,50-,51?,52?,53?,54?,55+,56+/m0/s1. The molecule has 0 spiro atoms. The first-order chi connectivity index (χ1) is 34.5. The Hall–Kier alpha value is -2.02. The van der Waals surface area contributed by atoms with Gasteiger partial charge in [0.1, 0.15) is 55.4 Å². The molecule has 0 radical (unpaired) electrons. The number of carbonyl (C=O) groups is 2. The highest BCUT2D eigenvalue weighted by atomic mass is 16.7. The van der Waals surface area contributed by atoms with E-state index in [1.54, 1.807) is 0 Å². The topological polar surface area (TPSA) is 231 Å². The summed E-state index contributed by atoms with van der Waals surface area (Å²) in [4.78, 5) is 25.9. The number of unbranched alkanes of at least 4 members (excludes halogenated alkanes) is 27. The molecule has 2 saturated heterocycles. The number of allylic oxidation sites excluding steroid dienone is 4. The predicted octanol–water partition coefficient (Wildman–Crippen LogP) is 9.11. The molecule has 11 atom stereocenters. The Morgan fingerprint density at radius 2 is 0.845 bits per heavy atom. The van der Waals surface area contributed by atoms with Gasteiger partial charge in [-0.15, -0.1) is 0 Å². The molecule has 2 fully saturated rings. The van der Waals surface area contributed by atoms with E-state index in [1.807, 2.05) is 0 Å². The van der Waals surface area contributed by atoms with Crippen LogP contribution in [-0.4, -0.2) is 142 Å². The number of esters is 2. The van der Waals surface area contributed by atoms with Crippen molar-refractivity contribution >= 4 is 11.9 Å². The first-order valence-corrected chi connectivity index (χ1v) is 28.4. The van der Waals surface area contributed by atoms with Crippen molar-refractivity contribution in [3.63, 3.8) is 0 Å². The van der Waals surface area contributed by atoms with Gasteiger partial charge in [-0.2, -0.15) is 0 Å². The zero-order valence-electron chi connectivity index (χ0n) is 44.2. The molecule has 0 aromatic carbocycles. The zero-order chi connectivity index (χ0) is 51.7. The molecule has 0 saturated carbocycles. The summed E-state index contributed by atoms with van der Waals surface area (Å²) in [5.41, 5.74) is 0. The highest BCUT2D eigenvalue weighted by Gasteiger charge is 2.47. The van der Waals surface area contributed by atoms with Gasteiger partial charge in [0.15, 0.2) is 18.7 Å². The maximum Gasteiger partial charge on any atom is 0.306 e. The zero-order valence-corrected chi connectivity index (χ0v) is 44.2. The average molecular weight is 1020 g/mol. The second-order valence-corrected chi connectivity index (χ2v) is 20.1. The number of aliphatic hydroxyl groups is 7. The molecule has 0 aromatic heterocycles. The summed E-state index contributed by atoms with van der Waals surface area (Å²) in [6, 6.07) is 0. The van der Waals surface area contributed by atoms with Crippen LogP contribution in [0.3, 0.4) is 0 Å². The Morgan fingerprint density at radius 1 is 0.451 bits per heavy atom. The van der Waals surface area contributed by atoms with Crippen molar-refractivity contribution < 1.29 is 73.8 Å². The van der Waals surface area contributed by atoms with Crippen LogP contribution in [0.4, 0.5) is 0 Å². The molecular weight excluding hydrogens is 913 g/mol. The van der Waals surface area contributed by atoms with Crippen LogP contribution in [-0.2, 0) is 38.0 Å². The minimum absolute atomic E-state index is 0.169.